The van der Waals surface area contributed by atoms with Crippen molar-refractivity contribution < 1.29 is 4.21 Å². The molecule has 0 unspecified atom stereocenters. The van der Waals surface area contributed by atoms with Gasteiger partial charge in [-0.05, 0) is 0 Å². The van der Waals surface area contributed by atoms with Gasteiger partial charge in [-0.25, -0.2) is 0 Å². The van der Waals surface area contributed by atoms with Crippen molar-refractivity contribution in [2.24, 2.45) is 0 Å². The topological polar surface area (TPSA) is 54.9 Å². The van der Waals surface area contributed by atoms with E-state index in [0.29, 0.717) is 6.04 Å². The average Bonchev–Trinajstić information content (AvgIpc) is 2.81. The van der Waals surface area contributed by atoms with E-state index in [2.05, 4.69) is 19.3 Å². The van der Waals surface area contributed by atoms with Crippen LogP contribution in [0.1, 0.15) is 12.8 Å². The molecule has 1 aliphatic rings. The summed E-state index contributed by atoms with van der Waals surface area (Å²) >= 11 is 0.0220. The van der Waals surface area contributed by atoms with Crippen molar-refractivity contribution in [3.05, 3.63) is 18.2 Å². The molecule has 1 N–H and O–H groups in total. The summed E-state index contributed by atoms with van der Waals surface area (Å²) in [4.78, 5) is 0. The molecule has 0 amide bonds. The SMILES string of the molecule is O=S1CCC(Nc2cccc3n[se]nc23)CC1. The molecule has 1 saturated heterocycles. The molecule has 1 aromatic heterocycles. The predicted octanol–water partition coefficient (Wildman–Crippen LogP) is 1.01. The monoisotopic (exact) mass is 315 g/mol. The summed E-state index contributed by atoms with van der Waals surface area (Å²) in [7, 11) is -0.597. The second-order valence-electron chi connectivity index (χ2n) is 4.20. The molecule has 1 aromatic carbocycles. The number of fused-ring (bicyclic) bond motifs is 1. The van der Waals surface area contributed by atoms with E-state index in [1.807, 2.05) is 12.1 Å². The summed E-state index contributed by atoms with van der Waals surface area (Å²) in [5.41, 5.74) is 3.11. The number of rotatable bonds is 2. The van der Waals surface area contributed by atoms with Crippen molar-refractivity contribution in [3.63, 3.8) is 0 Å². The molecule has 17 heavy (non-hydrogen) atoms. The second kappa shape index (κ2) is 4.88. The fourth-order valence-corrected chi connectivity index (χ4v) is 4.53. The van der Waals surface area contributed by atoms with Crippen molar-refractivity contribution in [1.29, 1.82) is 0 Å². The molecule has 90 valence electrons. The first kappa shape index (κ1) is 11.4. The van der Waals surface area contributed by atoms with E-state index in [0.717, 1.165) is 41.1 Å². The van der Waals surface area contributed by atoms with Crippen LogP contribution >= 0.6 is 0 Å². The van der Waals surface area contributed by atoms with Crippen LogP contribution in [0.4, 0.5) is 5.69 Å². The van der Waals surface area contributed by atoms with Gasteiger partial charge in [0.1, 0.15) is 0 Å². The Kier molecular flexibility index (Phi) is 3.27. The van der Waals surface area contributed by atoms with Crippen molar-refractivity contribution >= 4 is 42.5 Å². The van der Waals surface area contributed by atoms with Gasteiger partial charge < -0.3 is 0 Å². The van der Waals surface area contributed by atoms with Crippen LogP contribution < -0.4 is 5.32 Å². The predicted molar refractivity (Wildman–Crippen MR) is 71.0 cm³/mol. The number of hydrogen-bond donors (Lipinski definition) is 1. The Morgan fingerprint density at radius 1 is 1.29 bits per heavy atom. The Morgan fingerprint density at radius 3 is 2.94 bits per heavy atom. The van der Waals surface area contributed by atoms with Gasteiger partial charge in [0, 0.05) is 0 Å². The maximum atomic E-state index is 11.3. The van der Waals surface area contributed by atoms with Gasteiger partial charge in [-0.15, -0.1) is 0 Å². The second-order valence-corrected chi connectivity index (χ2v) is 7.01. The molecule has 0 saturated carbocycles. The van der Waals surface area contributed by atoms with E-state index < -0.39 is 10.8 Å². The van der Waals surface area contributed by atoms with E-state index in [1.165, 1.54) is 0 Å². The van der Waals surface area contributed by atoms with Crippen LogP contribution in [-0.4, -0.2) is 44.7 Å². The third kappa shape index (κ3) is 2.44. The van der Waals surface area contributed by atoms with E-state index in [9.17, 15) is 4.21 Å². The zero-order valence-electron chi connectivity index (χ0n) is 9.26. The minimum absolute atomic E-state index is 0.0220. The van der Waals surface area contributed by atoms with Gasteiger partial charge in [0.05, 0.1) is 0 Å². The normalized spacial score (nSPS) is 24.9. The molecule has 4 nitrogen and oxygen atoms in total. The van der Waals surface area contributed by atoms with E-state index in [4.69, 9.17) is 0 Å². The van der Waals surface area contributed by atoms with Crippen molar-refractivity contribution in [2.75, 3.05) is 16.8 Å². The molecule has 2 aromatic rings. The summed E-state index contributed by atoms with van der Waals surface area (Å²) in [6.07, 6.45) is 1.97. The Balaban J connectivity index is 1.80. The molecular formula is C11H13N3OSSe. The molecule has 1 fully saturated rings. The first-order chi connectivity index (χ1) is 8.33. The van der Waals surface area contributed by atoms with Crippen LogP contribution in [-0.2, 0) is 10.8 Å². The van der Waals surface area contributed by atoms with Crippen LogP contribution in [0, 0.1) is 0 Å². The molecule has 3 rings (SSSR count). The van der Waals surface area contributed by atoms with Gasteiger partial charge in [0.25, 0.3) is 0 Å². The molecule has 0 radical (unpaired) electrons. The fraction of sp³-hybridized carbons (Fsp3) is 0.455. The fourth-order valence-electron chi connectivity index (χ4n) is 2.08. The summed E-state index contributed by atoms with van der Waals surface area (Å²) in [6.45, 7) is 0. The summed E-state index contributed by atoms with van der Waals surface area (Å²) in [6, 6.07) is 6.52. The van der Waals surface area contributed by atoms with Gasteiger partial charge >= 0.3 is 109 Å². The Hall–Kier alpha value is -0.711. The van der Waals surface area contributed by atoms with Crippen molar-refractivity contribution in [3.8, 4) is 0 Å². The number of aromatic nitrogens is 2. The Labute approximate surface area is 108 Å². The zero-order valence-corrected chi connectivity index (χ0v) is 11.8. The molecule has 6 heteroatoms. The quantitative estimate of drug-likeness (QED) is 0.841. The van der Waals surface area contributed by atoms with E-state index in [1.54, 1.807) is 0 Å². The van der Waals surface area contributed by atoms with Crippen LogP contribution in [0.2, 0.25) is 0 Å². The number of nitrogens with one attached hydrogen (secondary N) is 1. The van der Waals surface area contributed by atoms with E-state index >= 15 is 0 Å². The molecule has 0 spiro atoms. The standard InChI is InChI=1S/C11H13N3OSSe/c15-16-6-4-8(5-7-16)12-9-2-1-3-10-11(9)14-17-13-10/h1-3,8,12H,4-7H2. The van der Waals surface area contributed by atoms with Gasteiger partial charge in [-0.3, -0.25) is 0 Å². The Morgan fingerprint density at radius 2 is 2.12 bits per heavy atom. The molecule has 0 aliphatic carbocycles. The van der Waals surface area contributed by atoms with Gasteiger partial charge in [0.2, 0.25) is 0 Å². The van der Waals surface area contributed by atoms with Crippen molar-refractivity contribution in [1.82, 2.24) is 7.96 Å². The van der Waals surface area contributed by atoms with Crippen LogP contribution in [0.3, 0.4) is 0 Å². The summed E-state index contributed by atoms with van der Waals surface area (Å²) in [5, 5.41) is 3.52. The van der Waals surface area contributed by atoms with E-state index in [-0.39, 0.29) is 15.0 Å². The average molecular weight is 314 g/mol. The van der Waals surface area contributed by atoms with Gasteiger partial charge in [-0.1, -0.05) is 0 Å². The molecule has 2 heterocycles. The van der Waals surface area contributed by atoms with Crippen LogP contribution in [0.15, 0.2) is 18.2 Å². The zero-order chi connectivity index (χ0) is 11.7. The molecule has 0 bridgehead atoms. The van der Waals surface area contributed by atoms with Gasteiger partial charge in [0.15, 0.2) is 0 Å². The maximum absolute atomic E-state index is 11.3. The Bertz CT molecular complexity index is 546. The third-order valence-electron chi connectivity index (χ3n) is 3.03. The number of hydrogen-bond acceptors (Lipinski definition) is 4. The number of anilines is 1. The first-order valence-corrected chi connectivity index (χ1v) is 8.68. The summed E-state index contributed by atoms with van der Waals surface area (Å²) < 4.78 is 20.1. The number of benzene rings is 1. The third-order valence-corrected chi connectivity index (χ3v) is 5.55. The minimum atomic E-state index is -0.597. The molecule has 0 atom stereocenters. The number of nitrogens with zero attached hydrogens (tertiary/aromatic N) is 2. The molecular weight excluding hydrogens is 301 g/mol. The van der Waals surface area contributed by atoms with Gasteiger partial charge in [-0.2, -0.15) is 0 Å². The summed E-state index contributed by atoms with van der Waals surface area (Å²) in [5.74, 6) is 1.64. The molecule has 1 aliphatic heterocycles. The van der Waals surface area contributed by atoms with Crippen LogP contribution in [0.25, 0.3) is 11.0 Å². The van der Waals surface area contributed by atoms with Crippen molar-refractivity contribution in [2.45, 2.75) is 18.9 Å². The first-order valence-electron chi connectivity index (χ1n) is 5.66. The van der Waals surface area contributed by atoms with Crippen LogP contribution in [0.5, 0.6) is 0 Å².